The molecule has 31 heavy (non-hydrogen) atoms. The molecule has 1 aliphatic heterocycles. The van der Waals surface area contributed by atoms with Crippen molar-refractivity contribution < 1.29 is 24.5 Å². The predicted molar refractivity (Wildman–Crippen MR) is 120 cm³/mol. The molecule has 4 rings (SSSR count). The summed E-state index contributed by atoms with van der Waals surface area (Å²) in [5.41, 5.74) is 1.33. The molecule has 6 heteroatoms. The molecule has 0 radical (unpaired) electrons. The van der Waals surface area contributed by atoms with Crippen molar-refractivity contribution in [3.63, 3.8) is 0 Å². The third kappa shape index (κ3) is 3.59. The third-order valence-corrected chi connectivity index (χ3v) is 5.44. The Morgan fingerprint density at radius 2 is 1.87 bits per heavy atom. The number of hydrogen-bond donors (Lipinski definition) is 3. The minimum Gasteiger partial charge on any atom is -0.508 e. The van der Waals surface area contributed by atoms with Gasteiger partial charge in [0.1, 0.15) is 34.5 Å². The lowest BCUT2D eigenvalue weighted by molar-refractivity contribution is 0.153. The number of aliphatic hydroxyl groups is 1. The Balaban J connectivity index is 2.03. The molecule has 0 fully saturated rings. The Morgan fingerprint density at radius 1 is 1.19 bits per heavy atom. The molecule has 0 amide bonds. The summed E-state index contributed by atoms with van der Waals surface area (Å²) in [4.78, 5) is 13.4. The van der Waals surface area contributed by atoms with Gasteiger partial charge in [-0.15, -0.1) is 0 Å². The van der Waals surface area contributed by atoms with E-state index in [4.69, 9.17) is 9.15 Å². The largest absolute Gasteiger partial charge is 0.508 e. The number of aromatic hydroxyl groups is 2. The van der Waals surface area contributed by atoms with Gasteiger partial charge >= 0.3 is 0 Å². The first-order valence-electron chi connectivity index (χ1n) is 9.93. The number of fused-ring (bicyclic) bond motifs is 3. The van der Waals surface area contributed by atoms with Crippen LogP contribution in [0.15, 0.2) is 58.0 Å². The van der Waals surface area contributed by atoms with Gasteiger partial charge in [0.05, 0.1) is 17.2 Å². The van der Waals surface area contributed by atoms with E-state index in [9.17, 15) is 20.1 Å². The summed E-state index contributed by atoms with van der Waals surface area (Å²) in [6.07, 6.45) is 4.11. The van der Waals surface area contributed by atoms with Crippen LogP contribution in [0.5, 0.6) is 17.2 Å². The second-order valence-electron chi connectivity index (χ2n) is 8.40. The van der Waals surface area contributed by atoms with E-state index >= 15 is 0 Å². The quantitative estimate of drug-likeness (QED) is 0.536. The summed E-state index contributed by atoms with van der Waals surface area (Å²) in [5.74, 6) is 0.166. The summed E-state index contributed by atoms with van der Waals surface area (Å²) >= 11 is 0. The van der Waals surface area contributed by atoms with E-state index in [1.807, 2.05) is 19.9 Å². The van der Waals surface area contributed by atoms with Gasteiger partial charge in [0, 0.05) is 12.0 Å². The van der Waals surface area contributed by atoms with E-state index in [1.54, 1.807) is 25.1 Å². The summed E-state index contributed by atoms with van der Waals surface area (Å²) in [5, 5.41) is 31.1. The van der Waals surface area contributed by atoms with Crippen LogP contribution in [0.2, 0.25) is 0 Å². The minimum absolute atomic E-state index is 0.0150. The maximum absolute atomic E-state index is 13.4. The van der Waals surface area contributed by atoms with Crippen molar-refractivity contribution in [1.82, 2.24) is 0 Å². The highest BCUT2D eigenvalue weighted by Gasteiger charge is 2.31. The Bertz CT molecular complexity index is 1280. The lowest BCUT2D eigenvalue weighted by atomic mass is 9.92. The molecule has 0 aliphatic carbocycles. The maximum Gasteiger partial charge on any atom is 0.204 e. The van der Waals surface area contributed by atoms with Gasteiger partial charge in [-0.1, -0.05) is 24.3 Å². The lowest BCUT2D eigenvalue weighted by Crippen LogP contribution is -2.29. The van der Waals surface area contributed by atoms with Crippen molar-refractivity contribution in [2.75, 3.05) is 0 Å². The van der Waals surface area contributed by atoms with Gasteiger partial charge in [-0.25, -0.2) is 0 Å². The highest BCUT2D eigenvalue weighted by atomic mass is 16.5. The first kappa shape index (κ1) is 20.8. The molecular weight excluding hydrogens is 396 g/mol. The highest BCUT2D eigenvalue weighted by molar-refractivity contribution is 5.97. The molecule has 1 aliphatic rings. The van der Waals surface area contributed by atoms with Crippen molar-refractivity contribution in [1.29, 1.82) is 0 Å². The smallest absolute Gasteiger partial charge is 0.204 e. The van der Waals surface area contributed by atoms with Crippen LogP contribution in [-0.2, 0) is 6.42 Å². The van der Waals surface area contributed by atoms with E-state index in [1.165, 1.54) is 18.4 Å². The molecule has 3 aromatic rings. The van der Waals surface area contributed by atoms with Crippen molar-refractivity contribution in [2.24, 2.45) is 0 Å². The standard InChI is InChI=1S/C25H24O6/c1-13(2)19(27)11-17-21(28)20-22(29)18(14-5-7-15(26)8-6-14)12-30-24(20)16-9-10-25(3,4)31-23(16)17/h5-10,12,19,26-28H,1,11H2,2-4H3. The molecule has 1 unspecified atom stereocenters. The average molecular weight is 420 g/mol. The van der Waals surface area contributed by atoms with Gasteiger partial charge in [-0.2, -0.15) is 0 Å². The van der Waals surface area contributed by atoms with Crippen LogP contribution in [0.3, 0.4) is 0 Å². The number of phenolic OH excluding ortho intramolecular Hbond substituents is 2. The van der Waals surface area contributed by atoms with Crippen LogP contribution < -0.4 is 10.2 Å². The lowest BCUT2D eigenvalue weighted by Gasteiger charge is -2.30. The monoisotopic (exact) mass is 420 g/mol. The van der Waals surface area contributed by atoms with Crippen LogP contribution in [0, 0.1) is 0 Å². The van der Waals surface area contributed by atoms with Gasteiger partial charge in [0.15, 0.2) is 5.58 Å². The average Bonchev–Trinajstić information content (AvgIpc) is 2.70. The van der Waals surface area contributed by atoms with Crippen LogP contribution in [-0.4, -0.2) is 27.0 Å². The number of benzene rings is 2. The molecule has 3 N–H and O–H groups in total. The van der Waals surface area contributed by atoms with E-state index < -0.39 is 17.1 Å². The Hall–Kier alpha value is -3.51. The number of rotatable bonds is 4. The molecule has 0 spiro atoms. The van der Waals surface area contributed by atoms with Crippen LogP contribution in [0.1, 0.15) is 31.9 Å². The highest BCUT2D eigenvalue weighted by Crippen LogP contribution is 2.45. The fraction of sp³-hybridized carbons (Fsp3) is 0.240. The number of aliphatic hydroxyl groups excluding tert-OH is 1. The number of ether oxygens (including phenoxy) is 1. The first-order valence-corrected chi connectivity index (χ1v) is 9.93. The molecule has 2 aromatic carbocycles. The van der Waals surface area contributed by atoms with Crippen molar-refractivity contribution in [2.45, 2.75) is 38.9 Å². The number of phenols is 2. The van der Waals surface area contributed by atoms with Gasteiger partial charge in [0.25, 0.3) is 0 Å². The fourth-order valence-electron chi connectivity index (χ4n) is 3.65. The minimum atomic E-state index is -0.919. The second-order valence-corrected chi connectivity index (χ2v) is 8.40. The Labute approximate surface area is 179 Å². The zero-order chi connectivity index (χ0) is 22.5. The van der Waals surface area contributed by atoms with E-state index in [2.05, 4.69) is 6.58 Å². The van der Waals surface area contributed by atoms with Crippen LogP contribution in [0.4, 0.5) is 0 Å². The SMILES string of the molecule is C=C(C)C(O)Cc1c2c(c3occ(-c4ccc(O)cc4)c(=O)c3c1O)C=CC(C)(C)O2. The van der Waals surface area contributed by atoms with Crippen LogP contribution in [0.25, 0.3) is 28.2 Å². The van der Waals surface area contributed by atoms with Crippen LogP contribution >= 0.6 is 0 Å². The normalized spacial score (nSPS) is 15.4. The first-order chi connectivity index (χ1) is 14.6. The molecule has 160 valence electrons. The van der Waals surface area contributed by atoms with Crippen molar-refractivity contribution in [3.05, 3.63) is 70.1 Å². The molecule has 1 aromatic heterocycles. The topological polar surface area (TPSA) is 100 Å². The van der Waals surface area contributed by atoms with Gasteiger partial charge in [-0.05, 0) is 50.6 Å². The second kappa shape index (κ2) is 7.32. The molecule has 1 atom stereocenters. The summed E-state index contributed by atoms with van der Waals surface area (Å²) in [7, 11) is 0. The predicted octanol–water partition coefficient (Wildman–Crippen LogP) is 4.53. The zero-order valence-corrected chi connectivity index (χ0v) is 17.6. The third-order valence-electron chi connectivity index (χ3n) is 5.44. The van der Waals surface area contributed by atoms with Gasteiger partial charge in [-0.3, -0.25) is 4.79 Å². The molecular formula is C25H24O6. The zero-order valence-electron chi connectivity index (χ0n) is 17.6. The Morgan fingerprint density at radius 3 is 2.52 bits per heavy atom. The molecule has 6 nitrogen and oxygen atoms in total. The maximum atomic E-state index is 13.4. The number of hydrogen-bond acceptors (Lipinski definition) is 6. The van der Waals surface area contributed by atoms with E-state index in [-0.39, 0.29) is 34.5 Å². The molecule has 0 saturated heterocycles. The summed E-state index contributed by atoms with van der Waals surface area (Å²) in [6, 6.07) is 6.14. The molecule has 0 bridgehead atoms. The van der Waals surface area contributed by atoms with Gasteiger partial charge < -0.3 is 24.5 Å². The van der Waals surface area contributed by atoms with E-state index in [0.29, 0.717) is 28.0 Å². The molecule has 2 heterocycles. The Kier molecular flexibility index (Phi) is 4.90. The van der Waals surface area contributed by atoms with E-state index in [0.717, 1.165) is 0 Å². The van der Waals surface area contributed by atoms with Crippen molar-refractivity contribution in [3.8, 4) is 28.4 Å². The molecule has 0 saturated carbocycles. The summed E-state index contributed by atoms with van der Waals surface area (Å²) < 4.78 is 11.9. The van der Waals surface area contributed by atoms with Crippen molar-refractivity contribution >= 4 is 17.0 Å². The fourth-order valence-corrected chi connectivity index (χ4v) is 3.65. The summed E-state index contributed by atoms with van der Waals surface area (Å²) in [6.45, 7) is 9.21. The van der Waals surface area contributed by atoms with Gasteiger partial charge in [0.2, 0.25) is 5.43 Å².